The molecule has 0 saturated carbocycles. The number of rotatable bonds is 11. The number of carbonyl (C=O) groups excluding carboxylic acids is 3. The molecule has 0 bridgehead atoms. The molecular weight excluding hydrogens is 390 g/mol. The Morgan fingerprint density at radius 1 is 1.23 bits per heavy atom. The number of benzene rings is 1. The van der Waals surface area contributed by atoms with Crippen LogP contribution in [0.2, 0.25) is 0 Å². The van der Waals surface area contributed by atoms with Gasteiger partial charge in [-0.15, -0.1) is 0 Å². The highest BCUT2D eigenvalue weighted by atomic mass is 16.5. The van der Waals surface area contributed by atoms with E-state index in [1.54, 1.807) is 24.3 Å². The third-order valence-corrected chi connectivity index (χ3v) is 3.97. The molecule has 10 heteroatoms. The number of nitrogens with two attached hydrogens (primary N) is 2. The first-order chi connectivity index (χ1) is 14.2. The van der Waals surface area contributed by atoms with Gasteiger partial charge in [0.2, 0.25) is 0 Å². The largest absolute Gasteiger partial charge is 0.494 e. The average molecular weight is 419 g/mol. The quantitative estimate of drug-likeness (QED) is 0.146. The highest BCUT2D eigenvalue weighted by molar-refractivity contribution is 6.20. The molecule has 7 N–H and O–H groups in total. The molecule has 0 radical (unpaired) electrons. The summed E-state index contributed by atoms with van der Waals surface area (Å²) < 4.78 is 10.2. The van der Waals surface area contributed by atoms with Crippen LogP contribution in [0.1, 0.15) is 30.6 Å². The molecule has 0 spiro atoms. The number of carbonyl (C=O) groups is 3. The highest BCUT2D eigenvalue weighted by Crippen LogP contribution is 2.13. The minimum atomic E-state index is -1.16. The number of hydrogen-bond donors (Lipinski definition) is 5. The lowest BCUT2D eigenvalue weighted by atomic mass is 10.1. The van der Waals surface area contributed by atoms with E-state index in [1.165, 1.54) is 13.8 Å². The summed E-state index contributed by atoms with van der Waals surface area (Å²) in [6.45, 7) is 3.59. The number of allylic oxidation sites excluding steroid dienone is 1. The van der Waals surface area contributed by atoms with E-state index in [1.807, 2.05) is 0 Å². The van der Waals surface area contributed by atoms with E-state index in [0.717, 1.165) is 7.11 Å². The van der Waals surface area contributed by atoms with E-state index in [4.69, 9.17) is 21.6 Å². The summed E-state index contributed by atoms with van der Waals surface area (Å²) in [4.78, 5) is 36.9. The topological polar surface area (TPSA) is 170 Å². The van der Waals surface area contributed by atoms with Crippen molar-refractivity contribution in [2.45, 2.75) is 26.3 Å². The van der Waals surface area contributed by atoms with Crippen molar-refractivity contribution < 1.29 is 23.9 Å². The van der Waals surface area contributed by atoms with Crippen molar-refractivity contribution in [1.82, 2.24) is 10.6 Å². The Labute approximate surface area is 175 Å². The van der Waals surface area contributed by atoms with Gasteiger partial charge in [-0.2, -0.15) is 0 Å². The fourth-order valence-electron chi connectivity index (χ4n) is 2.51. The molecule has 1 aromatic carbocycles. The van der Waals surface area contributed by atoms with E-state index >= 15 is 0 Å². The number of amides is 2. The molecule has 30 heavy (non-hydrogen) atoms. The highest BCUT2D eigenvalue weighted by Gasteiger charge is 2.25. The molecule has 0 aliphatic carbocycles. The van der Waals surface area contributed by atoms with Gasteiger partial charge < -0.3 is 37.0 Å². The molecule has 0 aliphatic heterocycles. The van der Waals surface area contributed by atoms with Crippen molar-refractivity contribution >= 4 is 23.5 Å². The van der Waals surface area contributed by atoms with Crippen LogP contribution in [0.25, 0.3) is 0 Å². The van der Waals surface area contributed by atoms with Crippen molar-refractivity contribution in [3.63, 3.8) is 0 Å². The van der Waals surface area contributed by atoms with Crippen LogP contribution >= 0.6 is 0 Å². The Kier molecular flexibility index (Phi) is 10.0. The molecule has 1 aromatic rings. The Bertz CT molecular complexity index is 818. The summed E-state index contributed by atoms with van der Waals surface area (Å²) in [7, 11) is 1.16. The van der Waals surface area contributed by atoms with Gasteiger partial charge in [0.25, 0.3) is 11.8 Å². The molecule has 0 aromatic heterocycles. The van der Waals surface area contributed by atoms with Gasteiger partial charge in [-0.25, -0.2) is 4.79 Å². The summed E-state index contributed by atoms with van der Waals surface area (Å²) in [5.74, 6) is -1.40. The normalized spacial score (nSPS) is 12.3. The van der Waals surface area contributed by atoms with Gasteiger partial charge in [-0.3, -0.25) is 9.59 Å². The zero-order valence-electron chi connectivity index (χ0n) is 17.4. The van der Waals surface area contributed by atoms with E-state index in [-0.39, 0.29) is 23.5 Å². The molecule has 1 rings (SSSR count). The Hall–Kier alpha value is -3.40. The molecule has 0 heterocycles. The second-order valence-corrected chi connectivity index (χ2v) is 6.46. The van der Waals surface area contributed by atoms with Gasteiger partial charge >= 0.3 is 5.97 Å². The van der Waals surface area contributed by atoms with Gasteiger partial charge in [0.15, 0.2) is 0 Å². The number of nitrogens with one attached hydrogen (secondary N) is 3. The number of hydrogen-bond acceptors (Lipinski definition) is 8. The molecule has 0 fully saturated rings. The van der Waals surface area contributed by atoms with Gasteiger partial charge in [0.05, 0.1) is 19.3 Å². The smallest absolute Gasteiger partial charge is 0.330 e. The first-order valence-corrected chi connectivity index (χ1v) is 9.32. The zero-order valence-corrected chi connectivity index (χ0v) is 17.4. The van der Waals surface area contributed by atoms with Crippen molar-refractivity contribution in [3.8, 4) is 5.75 Å². The predicted molar refractivity (Wildman–Crippen MR) is 112 cm³/mol. The van der Waals surface area contributed by atoms with E-state index < -0.39 is 23.8 Å². The maximum atomic E-state index is 12.5. The zero-order chi connectivity index (χ0) is 22.7. The van der Waals surface area contributed by atoms with Crippen LogP contribution < -0.4 is 26.8 Å². The third kappa shape index (κ3) is 7.55. The number of esters is 1. The summed E-state index contributed by atoms with van der Waals surface area (Å²) >= 11 is 0. The summed E-state index contributed by atoms with van der Waals surface area (Å²) in [5.41, 5.74) is 11.4. The first-order valence-electron chi connectivity index (χ1n) is 9.32. The maximum absolute atomic E-state index is 12.5. The number of ether oxygens (including phenoxy) is 2. The lowest BCUT2D eigenvalue weighted by Gasteiger charge is -2.18. The van der Waals surface area contributed by atoms with Gasteiger partial charge in [0.1, 0.15) is 11.8 Å². The van der Waals surface area contributed by atoms with Gasteiger partial charge in [0, 0.05) is 23.5 Å². The lowest BCUT2D eigenvalue weighted by Crippen LogP contribution is -2.50. The number of methoxy groups -OCH3 is 1. The molecule has 10 nitrogen and oxygen atoms in total. The predicted octanol–water partition coefficient (Wildman–Crippen LogP) is 0.0742. The van der Waals surface area contributed by atoms with Crippen LogP contribution in [0.3, 0.4) is 0 Å². The molecule has 0 unspecified atom stereocenters. The van der Waals surface area contributed by atoms with Crippen LogP contribution in [-0.4, -0.2) is 56.3 Å². The molecule has 164 valence electrons. The van der Waals surface area contributed by atoms with Crippen LogP contribution in [0.5, 0.6) is 5.75 Å². The average Bonchev–Trinajstić information content (AvgIpc) is 2.70. The maximum Gasteiger partial charge on any atom is 0.330 e. The Balaban J connectivity index is 2.83. The van der Waals surface area contributed by atoms with E-state index in [0.29, 0.717) is 30.9 Å². The monoisotopic (exact) mass is 419 g/mol. The standard InChI is InChI=1S/C20H29N5O5/c1-12(22)17(13(2)23)19(27)25-16(20(28)29-3)11-24-18(26)14-6-4-7-15(10-14)30-9-5-8-21/h4,6-7,10,16,22H,5,8-9,11,21,23H2,1-3H3,(H,24,26)(H,25,27)/t16-/m0/s1. The summed E-state index contributed by atoms with van der Waals surface area (Å²) in [5, 5.41) is 12.7. The second kappa shape index (κ2) is 12.2. The molecular formula is C20H29N5O5. The molecule has 1 atom stereocenters. The van der Waals surface area contributed by atoms with Crippen LogP contribution in [-0.2, 0) is 14.3 Å². The fraction of sp³-hybridized carbons (Fsp3) is 0.400. The van der Waals surface area contributed by atoms with Crippen LogP contribution in [0.15, 0.2) is 35.5 Å². The Morgan fingerprint density at radius 3 is 2.50 bits per heavy atom. The van der Waals surface area contributed by atoms with Gasteiger partial charge in [-0.05, 0) is 45.0 Å². The van der Waals surface area contributed by atoms with E-state index in [9.17, 15) is 14.4 Å². The summed E-state index contributed by atoms with van der Waals surface area (Å²) in [6, 6.07) is 5.38. The van der Waals surface area contributed by atoms with E-state index in [2.05, 4.69) is 15.4 Å². The van der Waals surface area contributed by atoms with Crippen LogP contribution in [0.4, 0.5) is 0 Å². The fourth-order valence-corrected chi connectivity index (χ4v) is 2.51. The minimum Gasteiger partial charge on any atom is -0.494 e. The minimum absolute atomic E-state index is 0.0439. The first kappa shape index (κ1) is 24.6. The van der Waals surface area contributed by atoms with Crippen molar-refractivity contribution in [3.05, 3.63) is 41.1 Å². The third-order valence-electron chi connectivity index (χ3n) is 3.97. The van der Waals surface area contributed by atoms with Gasteiger partial charge in [-0.1, -0.05) is 6.07 Å². The SMILES string of the molecule is COC(=O)[C@H](CNC(=O)c1cccc(OCCCN)c1)NC(=O)C(C(C)=N)=C(C)N. The van der Waals surface area contributed by atoms with Crippen molar-refractivity contribution in [1.29, 1.82) is 5.41 Å². The molecule has 0 aliphatic rings. The Morgan fingerprint density at radius 2 is 1.93 bits per heavy atom. The van der Waals surface area contributed by atoms with Crippen molar-refractivity contribution in [2.24, 2.45) is 11.5 Å². The molecule has 2 amide bonds. The second-order valence-electron chi connectivity index (χ2n) is 6.46. The van der Waals surface area contributed by atoms with Crippen molar-refractivity contribution in [2.75, 3.05) is 26.8 Å². The van der Waals surface area contributed by atoms with Crippen LogP contribution in [0, 0.1) is 5.41 Å². The molecule has 0 saturated heterocycles. The lowest BCUT2D eigenvalue weighted by molar-refractivity contribution is -0.144. The summed E-state index contributed by atoms with van der Waals surface area (Å²) in [6.07, 6.45) is 0.685.